The molecule has 0 fully saturated rings. The standard InChI is InChI=1S/C21H17N5O2S/c27-19(14-29-21-24-20(25-26-21)15-5-4-12-22-13-15)23-16-8-10-18(11-9-16)28-17-6-2-1-3-7-17/h1-13H,14H2,(H,23,27)(H,24,25,26). The summed E-state index contributed by atoms with van der Waals surface area (Å²) < 4.78 is 5.74. The van der Waals surface area contributed by atoms with Crippen LogP contribution < -0.4 is 10.1 Å². The van der Waals surface area contributed by atoms with Gasteiger partial charge in [-0.25, -0.2) is 4.98 Å². The fourth-order valence-corrected chi connectivity index (χ4v) is 3.10. The van der Waals surface area contributed by atoms with Crippen molar-refractivity contribution >= 4 is 23.4 Å². The van der Waals surface area contributed by atoms with Gasteiger partial charge in [0.25, 0.3) is 0 Å². The summed E-state index contributed by atoms with van der Waals surface area (Å²) in [6.45, 7) is 0. The summed E-state index contributed by atoms with van der Waals surface area (Å²) in [5.74, 6) is 2.15. The number of ether oxygens (including phenoxy) is 1. The first-order valence-corrected chi connectivity index (χ1v) is 9.83. The van der Waals surface area contributed by atoms with Gasteiger partial charge in [0.05, 0.1) is 5.75 Å². The SMILES string of the molecule is O=C(CSc1n[nH]c(-c2cccnc2)n1)Nc1ccc(Oc2ccccc2)cc1. The minimum atomic E-state index is -0.139. The molecule has 4 rings (SSSR count). The Morgan fingerprint density at radius 2 is 1.79 bits per heavy atom. The number of hydrogen-bond donors (Lipinski definition) is 2. The third-order valence-electron chi connectivity index (χ3n) is 3.85. The van der Waals surface area contributed by atoms with Gasteiger partial charge in [-0.2, -0.15) is 0 Å². The number of thioether (sulfide) groups is 1. The summed E-state index contributed by atoms with van der Waals surface area (Å²) in [4.78, 5) is 20.6. The summed E-state index contributed by atoms with van der Waals surface area (Å²) in [5, 5.41) is 10.3. The Bertz CT molecular complexity index is 1070. The number of nitrogens with one attached hydrogen (secondary N) is 2. The number of carbonyl (C=O) groups excluding carboxylic acids is 1. The molecule has 7 nitrogen and oxygen atoms in total. The fraction of sp³-hybridized carbons (Fsp3) is 0.0476. The van der Waals surface area contributed by atoms with Crippen LogP contribution in [0.5, 0.6) is 11.5 Å². The number of H-pyrrole nitrogens is 1. The molecule has 2 heterocycles. The van der Waals surface area contributed by atoms with Crippen LogP contribution in [0.3, 0.4) is 0 Å². The molecule has 2 aromatic carbocycles. The van der Waals surface area contributed by atoms with Gasteiger partial charge in [0.15, 0.2) is 5.82 Å². The molecule has 4 aromatic rings. The number of rotatable bonds is 7. The average molecular weight is 403 g/mol. The van der Waals surface area contributed by atoms with Crippen LogP contribution >= 0.6 is 11.8 Å². The highest BCUT2D eigenvalue weighted by atomic mass is 32.2. The molecule has 0 radical (unpaired) electrons. The van der Waals surface area contributed by atoms with E-state index in [1.54, 1.807) is 24.5 Å². The second-order valence-electron chi connectivity index (χ2n) is 5.98. The minimum Gasteiger partial charge on any atom is -0.457 e. The first kappa shape index (κ1) is 18.7. The van der Waals surface area contributed by atoms with Crippen molar-refractivity contribution in [3.63, 3.8) is 0 Å². The molecule has 0 bridgehead atoms. The van der Waals surface area contributed by atoms with Gasteiger partial charge in [-0.3, -0.25) is 14.9 Å². The molecule has 0 spiro atoms. The molecule has 0 saturated heterocycles. The molecule has 2 N–H and O–H groups in total. The second-order valence-corrected chi connectivity index (χ2v) is 6.93. The Hall–Kier alpha value is -3.65. The number of nitrogens with zero attached hydrogens (tertiary/aromatic N) is 3. The summed E-state index contributed by atoms with van der Waals surface area (Å²) in [6.07, 6.45) is 3.40. The predicted molar refractivity (Wildman–Crippen MR) is 112 cm³/mol. The van der Waals surface area contributed by atoms with Gasteiger partial charge < -0.3 is 10.1 Å². The van der Waals surface area contributed by atoms with E-state index >= 15 is 0 Å². The molecule has 144 valence electrons. The van der Waals surface area contributed by atoms with Crippen LogP contribution in [0.4, 0.5) is 5.69 Å². The molecule has 0 atom stereocenters. The van der Waals surface area contributed by atoms with Crippen LogP contribution in [0.1, 0.15) is 0 Å². The number of para-hydroxylation sites is 1. The van der Waals surface area contributed by atoms with E-state index in [2.05, 4.69) is 25.5 Å². The van der Waals surface area contributed by atoms with E-state index in [9.17, 15) is 4.79 Å². The number of hydrogen-bond acceptors (Lipinski definition) is 6. The van der Waals surface area contributed by atoms with E-state index in [4.69, 9.17) is 4.74 Å². The van der Waals surface area contributed by atoms with Gasteiger partial charge in [-0.05, 0) is 48.5 Å². The Labute approximate surface area is 171 Å². The van der Waals surface area contributed by atoms with E-state index in [1.165, 1.54) is 11.8 Å². The normalized spacial score (nSPS) is 10.5. The minimum absolute atomic E-state index is 0.139. The lowest BCUT2D eigenvalue weighted by molar-refractivity contribution is -0.113. The van der Waals surface area contributed by atoms with Gasteiger partial charge in [0, 0.05) is 23.6 Å². The zero-order valence-electron chi connectivity index (χ0n) is 15.3. The topological polar surface area (TPSA) is 92.8 Å². The Kier molecular flexibility index (Phi) is 5.82. The molecule has 1 amide bonds. The number of anilines is 1. The number of carbonyl (C=O) groups is 1. The van der Waals surface area contributed by atoms with Crippen LogP contribution in [-0.2, 0) is 4.79 Å². The summed E-state index contributed by atoms with van der Waals surface area (Å²) in [6, 6.07) is 20.5. The lowest BCUT2D eigenvalue weighted by Gasteiger charge is -2.07. The van der Waals surface area contributed by atoms with E-state index in [-0.39, 0.29) is 11.7 Å². The molecule has 0 aliphatic carbocycles. The van der Waals surface area contributed by atoms with Crippen LogP contribution in [-0.4, -0.2) is 31.8 Å². The summed E-state index contributed by atoms with van der Waals surface area (Å²) >= 11 is 1.26. The number of amides is 1. The average Bonchev–Trinajstić information content (AvgIpc) is 3.24. The lowest BCUT2D eigenvalue weighted by atomic mass is 10.3. The van der Waals surface area contributed by atoms with E-state index < -0.39 is 0 Å². The molecular weight excluding hydrogens is 386 g/mol. The van der Waals surface area contributed by atoms with Crippen molar-refractivity contribution in [1.82, 2.24) is 20.2 Å². The van der Waals surface area contributed by atoms with Crippen LogP contribution in [0.25, 0.3) is 11.4 Å². The van der Waals surface area contributed by atoms with Crippen molar-refractivity contribution in [2.75, 3.05) is 11.1 Å². The zero-order chi connectivity index (χ0) is 19.9. The molecule has 8 heteroatoms. The maximum atomic E-state index is 12.2. The molecular formula is C21H17N5O2S. The maximum absolute atomic E-state index is 12.2. The Morgan fingerprint density at radius 3 is 2.55 bits per heavy atom. The summed E-state index contributed by atoms with van der Waals surface area (Å²) in [5.41, 5.74) is 1.54. The van der Waals surface area contributed by atoms with Crippen molar-refractivity contribution in [3.8, 4) is 22.9 Å². The molecule has 0 aliphatic rings. The van der Waals surface area contributed by atoms with Crippen molar-refractivity contribution in [3.05, 3.63) is 79.1 Å². The molecule has 0 saturated carbocycles. The largest absolute Gasteiger partial charge is 0.457 e. The number of aromatic nitrogens is 4. The third kappa shape index (κ3) is 5.20. The van der Waals surface area contributed by atoms with E-state index in [1.807, 2.05) is 54.6 Å². The predicted octanol–water partition coefficient (Wildman–Crippen LogP) is 4.39. The van der Waals surface area contributed by atoms with Gasteiger partial charge in [-0.15, -0.1) is 5.10 Å². The van der Waals surface area contributed by atoms with Crippen LogP contribution in [0.2, 0.25) is 0 Å². The van der Waals surface area contributed by atoms with E-state index in [0.29, 0.717) is 22.4 Å². The highest BCUT2D eigenvalue weighted by molar-refractivity contribution is 7.99. The smallest absolute Gasteiger partial charge is 0.234 e. The molecule has 2 aromatic heterocycles. The van der Waals surface area contributed by atoms with Crippen molar-refractivity contribution in [2.45, 2.75) is 5.16 Å². The van der Waals surface area contributed by atoms with Gasteiger partial charge in [0.1, 0.15) is 11.5 Å². The second kappa shape index (κ2) is 9.03. The van der Waals surface area contributed by atoms with Crippen molar-refractivity contribution in [2.24, 2.45) is 0 Å². The van der Waals surface area contributed by atoms with Crippen LogP contribution in [0.15, 0.2) is 84.3 Å². The van der Waals surface area contributed by atoms with Gasteiger partial charge in [-0.1, -0.05) is 30.0 Å². The van der Waals surface area contributed by atoms with Gasteiger partial charge >= 0.3 is 0 Å². The van der Waals surface area contributed by atoms with Gasteiger partial charge in [0.2, 0.25) is 11.1 Å². The van der Waals surface area contributed by atoms with E-state index in [0.717, 1.165) is 11.3 Å². The summed E-state index contributed by atoms with van der Waals surface area (Å²) in [7, 11) is 0. The highest BCUT2D eigenvalue weighted by Gasteiger charge is 2.09. The number of aromatic amines is 1. The lowest BCUT2D eigenvalue weighted by Crippen LogP contribution is -2.14. The first-order valence-electron chi connectivity index (χ1n) is 8.85. The van der Waals surface area contributed by atoms with Crippen molar-refractivity contribution in [1.29, 1.82) is 0 Å². The Morgan fingerprint density at radius 1 is 1.00 bits per heavy atom. The molecule has 29 heavy (non-hydrogen) atoms. The highest BCUT2D eigenvalue weighted by Crippen LogP contribution is 2.23. The van der Waals surface area contributed by atoms with Crippen LogP contribution in [0, 0.1) is 0 Å². The molecule has 0 aliphatic heterocycles. The van der Waals surface area contributed by atoms with Crippen molar-refractivity contribution < 1.29 is 9.53 Å². The number of benzene rings is 2. The fourth-order valence-electron chi connectivity index (χ4n) is 2.50. The maximum Gasteiger partial charge on any atom is 0.234 e. The quantitative estimate of drug-likeness (QED) is 0.445. The Balaban J connectivity index is 1.28. The number of pyridine rings is 1. The monoisotopic (exact) mass is 403 g/mol. The molecule has 0 unspecified atom stereocenters. The third-order valence-corrected chi connectivity index (χ3v) is 4.70. The zero-order valence-corrected chi connectivity index (χ0v) is 16.1. The first-order chi connectivity index (χ1) is 14.3.